The van der Waals surface area contributed by atoms with Gasteiger partial charge in [0, 0.05) is 29.6 Å². The molecule has 2 aliphatic rings. The van der Waals surface area contributed by atoms with Gasteiger partial charge in [0.2, 0.25) is 0 Å². The number of guanidine groups is 1. The Balaban J connectivity index is 1.97. The molecule has 1 aromatic carbocycles. The normalized spacial score (nSPS) is 27.1. The Morgan fingerprint density at radius 3 is 2.61 bits per heavy atom. The number of nitrogens with zero attached hydrogens (tertiary/aromatic N) is 2. The number of primary amides is 1. The van der Waals surface area contributed by atoms with Gasteiger partial charge in [0.15, 0.2) is 5.96 Å². The molecule has 1 heterocycles. The first-order valence-corrected chi connectivity index (χ1v) is 12.9. The zero-order valence-electron chi connectivity index (χ0n) is 21.7. The number of carbonyl (C=O) groups is 2. The lowest BCUT2D eigenvalue weighted by Gasteiger charge is -2.56. The smallest absolute Gasteiger partial charge is 0.320 e. The highest BCUT2D eigenvalue weighted by Gasteiger charge is 2.52. The van der Waals surface area contributed by atoms with Crippen molar-refractivity contribution in [2.45, 2.75) is 82.3 Å². The molecule has 0 spiro atoms. The summed E-state index contributed by atoms with van der Waals surface area (Å²) in [5.74, 6) is -1.32. The Kier molecular flexibility index (Phi) is 8.84. The minimum Gasteiger partial charge on any atom is -0.507 e. The summed E-state index contributed by atoms with van der Waals surface area (Å²) in [6.45, 7) is 5.48. The summed E-state index contributed by atoms with van der Waals surface area (Å²) in [6.07, 6.45) is 4.86. The van der Waals surface area contributed by atoms with Crippen LogP contribution < -0.4 is 22.5 Å². The van der Waals surface area contributed by atoms with Gasteiger partial charge in [-0.05, 0) is 83.0 Å². The zero-order chi connectivity index (χ0) is 26.6. The third kappa shape index (κ3) is 5.59. The van der Waals surface area contributed by atoms with Crippen LogP contribution >= 0.6 is 0 Å². The van der Waals surface area contributed by atoms with Gasteiger partial charge in [-0.2, -0.15) is 0 Å². The molecule has 1 saturated carbocycles. The molecule has 1 aromatic rings. The number of nitrogens with one attached hydrogen (secondary N) is 1. The number of hydrogen-bond acceptors (Lipinski definition) is 6. The lowest BCUT2D eigenvalue weighted by atomic mass is 9.54. The van der Waals surface area contributed by atoms with Crippen molar-refractivity contribution >= 4 is 17.8 Å². The quantitative estimate of drug-likeness (QED) is 0.157. The number of piperidine rings is 1. The van der Waals surface area contributed by atoms with E-state index < -0.39 is 23.3 Å². The summed E-state index contributed by atoms with van der Waals surface area (Å²) in [6, 6.07) is 3.01. The van der Waals surface area contributed by atoms with Crippen molar-refractivity contribution in [1.29, 1.82) is 0 Å². The topological polar surface area (TPSA) is 180 Å². The Bertz CT molecular complexity index is 995. The number of hydrogen-bond donors (Lipinski definition) is 6. The summed E-state index contributed by atoms with van der Waals surface area (Å²) in [5, 5.41) is 24.7. The monoisotopic (exact) mass is 502 g/mol. The van der Waals surface area contributed by atoms with Crippen molar-refractivity contribution in [1.82, 2.24) is 10.2 Å². The number of aliphatic imine (C=N–C) groups is 1. The van der Waals surface area contributed by atoms with E-state index >= 15 is 0 Å². The van der Waals surface area contributed by atoms with Gasteiger partial charge in [0.05, 0.1) is 5.56 Å². The second-order valence-corrected chi connectivity index (χ2v) is 10.4. The van der Waals surface area contributed by atoms with Crippen LogP contribution in [0.3, 0.4) is 0 Å². The highest BCUT2D eigenvalue weighted by molar-refractivity contribution is 5.96. The standard InChI is InChI=1S/C26H42N6O4/c1-4-16-7-9-18(23(27)34)22(33)21(16)26-11-13-32(3)15(2)19(26)10-8-17(14-26)31-20(24(35)36)6-5-12-30-25(28)29/h7,9,15,17,19-20,31,33H,4-6,8,10-14H2,1-3H3,(H2,27,34)(H,35,36)(H4,28,29,30)/t15-,17-,19+,20?,26+/m1/s1. The zero-order valence-corrected chi connectivity index (χ0v) is 21.7. The van der Waals surface area contributed by atoms with Crippen LogP contribution in [0.2, 0.25) is 0 Å². The number of nitrogens with two attached hydrogens (primary N) is 3. The van der Waals surface area contributed by atoms with Gasteiger partial charge in [-0.15, -0.1) is 0 Å². The molecule has 9 N–H and O–H groups in total. The average Bonchev–Trinajstić information content (AvgIpc) is 2.82. The second kappa shape index (κ2) is 11.5. The third-order valence-electron chi connectivity index (χ3n) is 8.42. The Hall–Kier alpha value is -2.85. The Labute approximate surface area is 213 Å². The molecule has 2 fully saturated rings. The molecule has 1 amide bonds. The molecule has 5 atom stereocenters. The molecule has 1 unspecified atom stereocenters. The van der Waals surface area contributed by atoms with Crippen LogP contribution in [0.5, 0.6) is 5.75 Å². The van der Waals surface area contributed by atoms with Gasteiger partial charge in [-0.25, -0.2) is 0 Å². The SMILES string of the molecule is CCc1ccc(C(N)=O)c(O)c1[C@]12CCN(C)[C@H](C)[C@@H]1CC[C@@H](NC(CCCN=C(N)N)C(=O)O)C2. The molecule has 1 saturated heterocycles. The fourth-order valence-electron chi connectivity index (χ4n) is 6.53. The summed E-state index contributed by atoms with van der Waals surface area (Å²) in [5.41, 5.74) is 17.9. The number of carboxylic acid groups (broad SMARTS) is 1. The van der Waals surface area contributed by atoms with Crippen molar-refractivity contribution in [2.75, 3.05) is 20.1 Å². The number of carbonyl (C=O) groups excluding carboxylic acids is 1. The largest absolute Gasteiger partial charge is 0.507 e. The molecule has 3 rings (SSSR count). The minimum absolute atomic E-state index is 0.00351. The fraction of sp³-hybridized carbons (Fsp3) is 0.654. The van der Waals surface area contributed by atoms with E-state index in [4.69, 9.17) is 17.2 Å². The van der Waals surface area contributed by atoms with E-state index in [-0.39, 0.29) is 35.3 Å². The van der Waals surface area contributed by atoms with Gasteiger partial charge in [-0.3, -0.25) is 14.6 Å². The molecule has 0 bridgehead atoms. The van der Waals surface area contributed by atoms with Crippen LogP contribution in [-0.4, -0.2) is 71.2 Å². The van der Waals surface area contributed by atoms with Crippen LogP contribution in [0.25, 0.3) is 0 Å². The number of fused-ring (bicyclic) bond motifs is 1. The molecule has 36 heavy (non-hydrogen) atoms. The first-order valence-electron chi connectivity index (χ1n) is 12.9. The number of likely N-dealkylation sites (tertiary alicyclic amines) is 1. The number of rotatable bonds is 10. The minimum atomic E-state index is -0.902. The summed E-state index contributed by atoms with van der Waals surface area (Å²) in [7, 11) is 2.12. The average molecular weight is 503 g/mol. The predicted octanol–water partition coefficient (Wildman–Crippen LogP) is 1.28. The number of aliphatic carboxylic acids is 1. The van der Waals surface area contributed by atoms with Crippen LogP contribution in [0.15, 0.2) is 17.1 Å². The molecule has 10 heteroatoms. The summed E-state index contributed by atoms with van der Waals surface area (Å²) < 4.78 is 0. The van der Waals surface area contributed by atoms with E-state index in [0.29, 0.717) is 32.2 Å². The number of aromatic hydroxyl groups is 1. The van der Waals surface area contributed by atoms with Gasteiger partial charge in [-0.1, -0.05) is 13.0 Å². The number of benzene rings is 1. The molecular formula is C26H42N6O4. The van der Waals surface area contributed by atoms with E-state index in [1.54, 1.807) is 6.07 Å². The molecule has 1 aliphatic carbocycles. The van der Waals surface area contributed by atoms with E-state index in [0.717, 1.165) is 36.9 Å². The number of amides is 1. The number of carboxylic acids is 1. The van der Waals surface area contributed by atoms with Gasteiger partial charge in [0.1, 0.15) is 11.8 Å². The van der Waals surface area contributed by atoms with Crippen molar-refractivity contribution in [3.8, 4) is 5.75 Å². The highest BCUT2D eigenvalue weighted by Crippen LogP contribution is 2.54. The molecule has 10 nitrogen and oxygen atoms in total. The lowest BCUT2D eigenvalue weighted by Crippen LogP contribution is -2.59. The van der Waals surface area contributed by atoms with Crippen molar-refractivity contribution in [3.63, 3.8) is 0 Å². The van der Waals surface area contributed by atoms with Crippen LogP contribution in [0.4, 0.5) is 0 Å². The Morgan fingerprint density at radius 1 is 1.28 bits per heavy atom. The Morgan fingerprint density at radius 2 is 2.00 bits per heavy atom. The summed E-state index contributed by atoms with van der Waals surface area (Å²) in [4.78, 5) is 30.5. The maximum absolute atomic E-state index is 12.1. The van der Waals surface area contributed by atoms with Crippen LogP contribution in [0, 0.1) is 5.92 Å². The maximum atomic E-state index is 12.1. The molecule has 1 aliphatic heterocycles. The van der Waals surface area contributed by atoms with E-state index in [1.165, 1.54) is 0 Å². The first kappa shape index (κ1) is 27.7. The van der Waals surface area contributed by atoms with Crippen molar-refractivity contribution in [2.24, 2.45) is 28.1 Å². The van der Waals surface area contributed by atoms with Crippen LogP contribution in [-0.2, 0) is 16.6 Å². The molecule has 200 valence electrons. The highest BCUT2D eigenvalue weighted by atomic mass is 16.4. The van der Waals surface area contributed by atoms with Crippen molar-refractivity contribution < 1.29 is 19.8 Å². The van der Waals surface area contributed by atoms with Gasteiger partial charge < -0.3 is 37.6 Å². The predicted molar refractivity (Wildman–Crippen MR) is 140 cm³/mol. The fourth-order valence-corrected chi connectivity index (χ4v) is 6.53. The third-order valence-corrected chi connectivity index (χ3v) is 8.42. The molecular weight excluding hydrogens is 460 g/mol. The second-order valence-electron chi connectivity index (χ2n) is 10.4. The van der Waals surface area contributed by atoms with Crippen molar-refractivity contribution in [3.05, 3.63) is 28.8 Å². The van der Waals surface area contributed by atoms with E-state index in [1.807, 2.05) is 13.0 Å². The van der Waals surface area contributed by atoms with Crippen LogP contribution in [0.1, 0.15) is 73.9 Å². The van der Waals surface area contributed by atoms with E-state index in [9.17, 15) is 19.8 Å². The number of aryl methyl sites for hydroxylation is 1. The molecule has 0 radical (unpaired) electrons. The summed E-state index contributed by atoms with van der Waals surface area (Å²) >= 11 is 0. The van der Waals surface area contributed by atoms with E-state index in [2.05, 4.69) is 29.2 Å². The van der Waals surface area contributed by atoms with Gasteiger partial charge in [0.25, 0.3) is 5.91 Å². The number of phenols is 1. The maximum Gasteiger partial charge on any atom is 0.320 e. The van der Waals surface area contributed by atoms with Gasteiger partial charge >= 0.3 is 5.97 Å². The molecule has 0 aromatic heterocycles. The lowest BCUT2D eigenvalue weighted by molar-refractivity contribution is -0.140. The first-order chi connectivity index (χ1) is 17.0.